The molecule has 3 aromatic rings. The van der Waals surface area contributed by atoms with E-state index in [9.17, 15) is 14.4 Å². The SMILES string of the molecule is CCOC(=O)C[C@H](CC(=O)C(CC(C)C)n1cc(CCN2CC(C)C2)c(C)cc1=O)c1cc(-c2c(C)ccc(OC)c2C)cc(C)c1F. The highest BCUT2D eigenvalue weighted by Gasteiger charge is 2.31. The third-order valence-electron chi connectivity index (χ3n) is 9.66. The molecule has 1 saturated heterocycles. The monoisotopic (exact) mass is 660 g/mol. The second-order valence-electron chi connectivity index (χ2n) is 14.1. The number of halogens is 1. The van der Waals surface area contributed by atoms with E-state index in [1.54, 1.807) is 43.7 Å². The molecule has 1 aromatic heterocycles. The molecule has 0 bridgehead atoms. The molecule has 2 atom stereocenters. The van der Waals surface area contributed by atoms with Gasteiger partial charge >= 0.3 is 5.97 Å². The number of methoxy groups -OCH3 is 1. The quantitative estimate of drug-likeness (QED) is 0.156. The Bertz CT molecular complexity index is 1690. The molecule has 7 nitrogen and oxygen atoms in total. The highest BCUT2D eigenvalue weighted by atomic mass is 19.1. The number of aromatic nitrogens is 1. The summed E-state index contributed by atoms with van der Waals surface area (Å²) < 4.78 is 28.6. The Kier molecular flexibility index (Phi) is 12.4. The maximum Gasteiger partial charge on any atom is 0.306 e. The fourth-order valence-electron chi connectivity index (χ4n) is 7.15. The second-order valence-corrected chi connectivity index (χ2v) is 14.1. The lowest BCUT2D eigenvalue weighted by molar-refractivity contribution is -0.143. The fourth-order valence-corrected chi connectivity index (χ4v) is 7.15. The molecule has 0 aliphatic carbocycles. The van der Waals surface area contributed by atoms with Crippen LogP contribution in [-0.2, 0) is 20.7 Å². The summed E-state index contributed by atoms with van der Waals surface area (Å²) in [6, 6.07) is 8.31. The Morgan fingerprint density at radius 3 is 2.33 bits per heavy atom. The highest BCUT2D eigenvalue weighted by molar-refractivity contribution is 5.85. The van der Waals surface area contributed by atoms with Crippen LogP contribution in [0.4, 0.5) is 4.39 Å². The number of ketones is 1. The molecule has 2 heterocycles. The van der Waals surface area contributed by atoms with Gasteiger partial charge in [0.2, 0.25) is 0 Å². The number of nitrogens with zero attached hydrogens (tertiary/aromatic N) is 2. The van der Waals surface area contributed by atoms with Crippen molar-refractivity contribution in [3.8, 4) is 16.9 Å². The van der Waals surface area contributed by atoms with E-state index >= 15 is 4.39 Å². The van der Waals surface area contributed by atoms with Gasteiger partial charge in [0, 0.05) is 44.2 Å². The number of carbonyl (C=O) groups is 2. The van der Waals surface area contributed by atoms with Gasteiger partial charge < -0.3 is 18.9 Å². The second kappa shape index (κ2) is 16.1. The number of likely N-dealkylation sites (tertiary alicyclic amines) is 1. The van der Waals surface area contributed by atoms with E-state index < -0.39 is 23.7 Å². The first-order valence-electron chi connectivity index (χ1n) is 17.3. The number of esters is 1. The van der Waals surface area contributed by atoms with E-state index in [1.807, 2.05) is 52.9 Å². The van der Waals surface area contributed by atoms with Crippen LogP contribution >= 0.6 is 0 Å². The van der Waals surface area contributed by atoms with E-state index in [-0.39, 0.29) is 42.3 Å². The van der Waals surface area contributed by atoms with Crippen molar-refractivity contribution in [1.29, 1.82) is 0 Å². The van der Waals surface area contributed by atoms with Crippen molar-refractivity contribution < 1.29 is 23.5 Å². The van der Waals surface area contributed by atoms with E-state index in [4.69, 9.17) is 9.47 Å². The van der Waals surface area contributed by atoms with Crippen LogP contribution in [0, 0.1) is 45.3 Å². The molecular weight excluding hydrogens is 607 g/mol. The Labute approximate surface area is 285 Å². The van der Waals surface area contributed by atoms with Gasteiger partial charge in [-0.15, -0.1) is 0 Å². The molecule has 0 N–H and O–H groups in total. The molecule has 0 saturated carbocycles. The Hall–Kier alpha value is -3.78. The molecular formula is C40H53FN2O5. The fraction of sp³-hybridized carbons (Fsp3) is 0.525. The van der Waals surface area contributed by atoms with Crippen molar-refractivity contribution in [2.75, 3.05) is 33.4 Å². The number of rotatable bonds is 15. The van der Waals surface area contributed by atoms with Crippen LogP contribution in [0.15, 0.2) is 41.3 Å². The molecule has 0 amide bonds. The van der Waals surface area contributed by atoms with Gasteiger partial charge in [-0.3, -0.25) is 14.4 Å². The average Bonchev–Trinajstić information content (AvgIpc) is 3.00. The number of hydrogen-bond acceptors (Lipinski definition) is 6. The van der Waals surface area contributed by atoms with Gasteiger partial charge in [0.1, 0.15) is 11.6 Å². The lowest BCUT2D eigenvalue weighted by Gasteiger charge is -2.37. The van der Waals surface area contributed by atoms with Gasteiger partial charge in [-0.1, -0.05) is 26.8 Å². The Balaban J connectivity index is 1.75. The minimum atomic E-state index is -0.787. The third kappa shape index (κ3) is 8.62. The molecule has 2 aromatic carbocycles. The van der Waals surface area contributed by atoms with E-state index in [1.165, 1.54) is 0 Å². The van der Waals surface area contributed by atoms with Crippen molar-refractivity contribution in [3.63, 3.8) is 0 Å². The standard InChI is InChI=1S/C40H53FN2O5/c1-10-48-38(46)20-31(33-18-32(16-28(7)40(33)41)39-26(5)11-12-36(47-9)29(39)8)19-35(44)34(15-24(2)3)43-23-30(27(6)17-37(43)45)13-14-42-21-25(4)22-42/h11-12,16-18,23-25,31,34H,10,13-15,19-22H2,1-9H3/t31-,34?/m0/s1. The molecule has 260 valence electrons. The maximum absolute atomic E-state index is 16.1. The molecule has 48 heavy (non-hydrogen) atoms. The largest absolute Gasteiger partial charge is 0.496 e. The number of ether oxygens (including phenoxy) is 2. The van der Waals surface area contributed by atoms with Crippen molar-refractivity contribution in [3.05, 3.63) is 86.1 Å². The van der Waals surface area contributed by atoms with Crippen LogP contribution in [0.1, 0.15) is 92.3 Å². The summed E-state index contributed by atoms with van der Waals surface area (Å²) >= 11 is 0. The maximum atomic E-state index is 16.1. The van der Waals surface area contributed by atoms with Crippen LogP contribution in [0.25, 0.3) is 11.1 Å². The zero-order chi connectivity index (χ0) is 35.3. The lowest BCUT2D eigenvalue weighted by atomic mass is 9.83. The number of hydrogen-bond donors (Lipinski definition) is 0. The number of pyridine rings is 1. The molecule has 1 unspecified atom stereocenters. The van der Waals surface area contributed by atoms with Gasteiger partial charge in [0.15, 0.2) is 5.78 Å². The van der Waals surface area contributed by atoms with E-state index in [0.29, 0.717) is 17.9 Å². The van der Waals surface area contributed by atoms with Gasteiger partial charge in [-0.05, 0) is 122 Å². The van der Waals surface area contributed by atoms with Gasteiger partial charge in [-0.2, -0.15) is 0 Å². The highest BCUT2D eigenvalue weighted by Crippen LogP contribution is 2.38. The van der Waals surface area contributed by atoms with Crippen molar-refractivity contribution in [1.82, 2.24) is 9.47 Å². The predicted molar refractivity (Wildman–Crippen MR) is 189 cm³/mol. The summed E-state index contributed by atoms with van der Waals surface area (Å²) in [7, 11) is 1.62. The minimum Gasteiger partial charge on any atom is -0.496 e. The van der Waals surface area contributed by atoms with Crippen molar-refractivity contribution >= 4 is 11.8 Å². The number of Topliss-reactive ketones (excluding diaryl/α,β-unsaturated/α-hetero) is 1. The third-order valence-corrected chi connectivity index (χ3v) is 9.66. The summed E-state index contributed by atoms with van der Waals surface area (Å²) in [5.74, 6) is -0.405. The average molecular weight is 661 g/mol. The number of benzene rings is 2. The van der Waals surface area contributed by atoms with Crippen LogP contribution < -0.4 is 10.3 Å². The summed E-state index contributed by atoms with van der Waals surface area (Å²) in [6.07, 6.45) is 2.81. The summed E-state index contributed by atoms with van der Waals surface area (Å²) in [4.78, 5) is 43.2. The summed E-state index contributed by atoms with van der Waals surface area (Å²) in [5.41, 5.74) is 6.05. The molecule has 1 aliphatic heterocycles. The van der Waals surface area contributed by atoms with Gasteiger partial charge in [0.25, 0.3) is 5.56 Å². The number of carbonyl (C=O) groups excluding carboxylic acids is 2. The van der Waals surface area contributed by atoms with Crippen molar-refractivity contribution in [2.24, 2.45) is 11.8 Å². The van der Waals surface area contributed by atoms with Gasteiger partial charge in [-0.25, -0.2) is 4.39 Å². The van der Waals surface area contributed by atoms with Crippen LogP contribution in [-0.4, -0.2) is 54.6 Å². The van der Waals surface area contributed by atoms with Crippen LogP contribution in [0.5, 0.6) is 5.75 Å². The first-order valence-corrected chi connectivity index (χ1v) is 17.3. The Morgan fingerprint density at radius 2 is 1.71 bits per heavy atom. The normalized spacial score (nSPS) is 14.9. The zero-order valence-electron chi connectivity index (χ0n) is 30.2. The molecule has 1 aliphatic rings. The van der Waals surface area contributed by atoms with E-state index in [2.05, 4.69) is 11.8 Å². The molecule has 4 rings (SSSR count). The molecule has 8 heteroatoms. The van der Waals surface area contributed by atoms with Crippen LogP contribution in [0.2, 0.25) is 0 Å². The lowest BCUT2D eigenvalue weighted by Crippen LogP contribution is -2.45. The van der Waals surface area contributed by atoms with E-state index in [0.717, 1.165) is 65.2 Å². The molecule has 0 radical (unpaired) electrons. The molecule has 0 spiro atoms. The molecule has 1 fully saturated rings. The summed E-state index contributed by atoms with van der Waals surface area (Å²) in [5, 5.41) is 0. The zero-order valence-corrected chi connectivity index (χ0v) is 30.2. The van der Waals surface area contributed by atoms with Gasteiger partial charge in [0.05, 0.1) is 26.2 Å². The first-order chi connectivity index (χ1) is 22.7. The van der Waals surface area contributed by atoms with Crippen LogP contribution in [0.3, 0.4) is 0 Å². The Morgan fingerprint density at radius 1 is 1.00 bits per heavy atom. The van der Waals surface area contributed by atoms with Crippen molar-refractivity contribution in [2.45, 2.75) is 93.0 Å². The minimum absolute atomic E-state index is 0.114. The first kappa shape index (κ1) is 37.0. The summed E-state index contributed by atoms with van der Waals surface area (Å²) in [6.45, 7) is 18.8. The predicted octanol–water partition coefficient (Wildman–Crippen LogP) is 7.67. The number of aryl methyl sites for hydroxylation is 3. The smallest absolute Gasteiger partial charge is 0.306 e. The topological polar surface area (TPSA) is 77.8 Å².